The van der Waals surface area contributed by atoms with Gasteiger partial charge in [0.05, 0.1) is 6.10 Å². The van der Waals surface area contributed by atoms with Crippen molar-refractivity contribution in [3.05, 3.63) is 0 Å². The minimum Gasteiger partial charge on any atom is -0.391 e. The number of nitrogens with zero attached hydrogens (tertiary/aromatic N) is 1. The number of hydrogen-bond donors (Lipinski definition) is 1. The third-order valence-electron chi connectivity index (χ3n) is 3.81. The Balaban J connectivity index is 2.48. The van der Waals surface area contributed by atoms with Crippen LogP contribution in [0.25, 0.3) is 0 Å². The van der Waals surface area contributed by atoms with Gasteiger partial charge in [-0.1, -0.05) is 12.8 Å². The van der Waals surface area contributed by atoms with Crippen molar-refractivity contribution < 1.29 is 9.84 Å². The average molecular weight is 215 g/mol. The summed E-state index contributed by atoms with van der Waals surface area (Å²) < 4.78 is 5.02. The van der Waals surface area contributed by atoms with Crippen LogP contribution in [0.1, 0.15) is 38.5 Å². The SMILES string of the molecule is COCCCC(O)C1(N(C)C)CCCC1. The van der Waals surface area contributed by atoms with Gasteiger partial charge in [-0.15, -0.1) is 0 Å². The number of methoxy groups -OCH3 is 1. The molecule has 1 aliphatic rings. The molecule has 1 aliphatic carbocycles. The molecule has 0 bridgehead atoms. The second-order valence-electron chi connectivity index (χ2n) is 4.86. The van der Waals surface area contributed by atoms with Gasteiger partial charge in [0.25, 0.3) is 0 Å². The van der Waals surface area contributed by atoms with Crippen LogP contribution in [0.15, 0.2) is 0 Å². The highest BCUT2D eigenvalue weighted by Gasteiger charge is 2.41. The van der Waals surface area contributed by atoms with E-state index in [0.29, 0.717) is 0 Å². The molecular formula is C12H25NO2. The molecule has 0 aliphatic heterocycles. The van der Waals surface area contributed by atoms with Crippen molar-refractivity contribution in [2.45, 2.75) is 50.2 Å². The van der Waals surface area contributed by atoms with Gasteiger partial charge in [0.1, 0.15) is 0 Å². The number of hydrogen-bond acceptors (Lipinski definition) is 3. The lowest BCUT2D eigenvalue weighted by Gasteiger charge is -2.40. The highest BCUT2D eigenvalue weighted by atomic mass is 16.5. The van der Waals surface area contributed by atoms with Crippen LogP contribution in [0.2, 0.25) is 0 Å². The molecule has 0 aromatic heterocycles. The van der Waals surface area contributed by atoms with Crippen molar-refractivity contribution in [1.82, 2.24) is 4.90 Å². The van der Waals surface area contributed by atoms with Crippen LogP contribution in [0.3, 0.4) is 0 Å². The Hall–Kier alpha value is -0.120. The number of aliphatic hydroxyl groups excluding tert-OH is 1. The fourth-order valence-corrected chi connectivity index (χ4v) is 2.76. The molecule has 3 heteroatoms. The Morgan fingerprint density at radius 2 is 1.93 bits per heavy atom. The van der Waals surface area contributed by atoms with E-state index in [4.69, 9.17) is 4.74 Å². The molecule has 1 rings (SSSR count). The van der Waals surface area contributed by atoms with Gasteiger partial charge < -0.3 is 14.7 Å². The fraction of sp³-hybridized carbons (Fsp3) is 1.00. The van der Waals surface area contributed by atoms with E-state index in [2.05, 4.69) is 19.0 Å². The van der Waals surface area contributed by atoms with Gasteiger partial charge in [0.15, 0.2) is 0 Å². The van der Waals surface area contributed by atoms with Crippen molar-refractivity contribution in [2.24, 2.45) is 0 Å². The van der Waals surface area contributed by atoms with Crippen LogP contribution < -0.4 is 0 Å². The highest BCUT2D eigenvalue weighted by molar-refractivity contribution is 4.98. The summed E-state index contributed by atoms with van der Waals surface area (Å²) in [7, 11) is 5.89. The lowest BCUT2D eigenvalue weighted by atomic mass is 9.86. The standard InChI is InChI=1S/C12H25NO2/c1-13(2)12(8-4-5-9-12)11(14)7-6-10-15-3/h11,14H,4-10H2,1-3H3. The zero-order valence-corrected chi connectivity index (χ0v) is 10.3. The predicted octanol–water partition coefficient (Wildman–Crippen LogP) is 1.65. The van der Waals surface area contributed by atoms with E-state index in [1.807, 2.05) is 0 Å². The van der Waals surface area contributed by atoms with E-state index in [9.17, 15) is 5.11 Å². The molecule has 15 heavy (non-hydrogen) atoms. The lowest BCUT2D eigenvalue weighted by Crippen LogP contribution is -2.51. The first-order chi connectivity index (χ1) is 7.13. The Kier molecular flexibility index (Phi) is 5.03. The molecule has 0 amide bonds. The Bertz CT molecular complexity index is 176. The highest BCUT2D eigenvalue weighted by Crippen LogP contribution is 2.38. The first-order valence-corrected chi connectivity index (χ1v) is 5.98. The number of aliphatic hydroxyl groups is 1. The van der Waals surface area contributed by atoms with Gasteiger partial charge in [-0.2, -0.15) is 0 Å². The molecule has 1 saturated carbocycles. The van der Waals surface area contributed by atoms with Gasteiger partial charge in [0.2, 0.25) is 0 Å². The van der Waals surface area contributed by atoms with E-state index in [1.165, 1.54) is 12.8 Å². The van der Waals surface area contributed by atoms with Crippen molar-refractivity contribution in [1.29, 1.82) is 0 Å². The van der Waals surface area contributed by atoms with E-state index in [1.54, 1.807) is 7.11 Å². The minimum absolute atomic E-state index is 0.0355. The average Bonchev–Trinajstić information content (AvgIpc) is 2.67. The number of likely N-dealkylation sites (N-methyl/N-ethyl adjacent to an activating group) is 1. The quantitative estimate of drug-likeness (QED) is 0.684. The molecule has 1 N–H and O–H groups in total. The van der Waals surface area contributed by atoms with E-state index >= 15 is 0 Å². The third-order valence-corrected chi connectivity index (χ3v) is 3.81. The maximum Gasteiger partial charge on any atom is 0.0724 e. The summed E-state index contributed by atoms with van der Waals surface area (Å²) in [5, 5.41) is 10.3. The summed E-state index contributed by atoms with van der Waals surface area (Å²) in [6.07, 6.45) is 6.37. The molecule has 90 valence electrons. The molecule has 0 radical (unpaired) electrons. The largest absolute Gasteiger partial charge is 0.391 e. The van der Waals surface area contributed by atoms with Crippen LogP contribution in [0.5, 0.6) is 0 Å². The molecule has 1 atom stereocenters. The smallest absolute Gasteiger partial charge is 0.0724 e. The van der Waals surface area contributed by atoms with Gasteiger partial charge in [-0.05, 0) is 39.8 Å². The van der Waals surface area contributed by atoms with E-state index in [0.717, 1.165) is 32.3 Å². The molecule has 0 aromatic carbocycles. The fourth-order valence-electron chi connectivity index (χ4n) is 2.76. The Morgan fingerprint density at radius 3 is 2.40 bits per heavy atom. The molecule has 0 saturated heterocycles. The Morgan fingerprint density at radius 1 is 1.33 bits per heavy atom. The van der Waals surface area contributed by atoms with Crippen LogP contribution >= 0.6 is 0 Å². The van der Waals surface area contributed by atoms with Crippen LogP contribution in [-0.2, 0) is 4.74 Å². The molecule has 1 unspecified atom stereocenters. The van der Waals surface area contributed by atoms with Gasteiger partial charge in [-0.25, -0.2) is 0 Å². The van der Waals surface area contributed by atoms with Crippen LogP contribution in [0.4, 0.5) is 0 Å². The van der Waals surface area contributed by atoms with Crippen LogP contribution in [0, 0.1) is 0 Å². The van der Waals surface area contributed by atoms with E-state index in [-0.39, 0.29) is 11.6 Å². The van der Waals surface area contributed by atoms with Gasteiger partial charge >= 0.3 is 0 Å². The molecule has 0 spiro atoms. The molecular weight excluding hydrogens is 190 g/mol. The predicted molar refractivity (Wildman–Crippen MR) is 62.0 cm³/mol. The molecule has 0 heterocycles. The maximum absolute atomic E-state index is 10.3. The second-order valence-corrected chi connectivity index (χ2v) is 4.86. The normalized spacial score (nSPS) is 22.2. The van der Waals surface area contributed by atoms with Crippen molar-refractivity contribution in [3.63, 3.8) is 0 Å². The van der Waals surface area contributed by atoms with E-state index < -0.39 is 0 Å². The first-order valence-electron chi connectivity index (χ1n) is 5.98. The first kappa shape index (κ1) is 12.9. The van der Waals surface area contributed by atoms with Crippen molar-refractivity contribution >= 4 is 0 Å². The third kappa shape index (κ3) is 2.92. The van der Waals surface area contributed by atoms with Gasteiger partial charge in [0, 0.05) is 19.3 Å². The summed E-state index contributed by atoms with van der Waals surface area (Å²) in [4.78, 5) is 2.22. The molecule has 0 aromatic rings. The number of ether oxygens (including phenoxy) is 1. The number of rotatable bonds is 6. The lowest BCUT2D eigenvalue weighted by molar-refractivity contribution is -0.0119. The summed E-state index contributed by atoms with van der Waals surface area (Å²) in [5.74, 6) is 0. The van der Waals surface area contributed by atoms with Gasteiger partial charge in [-0.3, -0.25) is 0 Å². The molecule has 3 nitrogen and oxygen atoms in total. The Labute approximate surface area is 93.4 Å². The van der Waals surface area contributed by atoms with Crippen molar-refractivity contribution in [3.8, 4) is 0 Å². The summed E-state index contributed by atoms with van der Waals surface area (Å²) in [6, 6.07) is 0. The summed E-state index contributed by atoms with van der Waals surface area (Å²) >= 11 is 0. The zero-order chi connectivity index (χ0) is 11.3. The zero-order valence-electron chi connectivity index (χ0n) is 10.3. The van der Waals surface area contributed by atoms with Crippen LogP contribution in [-0.4, -0.2) is 49.5 Å². The minimum atomic E-state index is -0.204. The topological polar surface area (TPSA) is 32.7 Å². The molecule has 1 fully saturated rings. The monoisotopic (exact) mass is 215 g/mol. The second kappa shape index (κ2) is 5.83. The summed E-state index contributed by atoms with van der Waals surface area (Å²) in [6.45, 7) is 0.751. The maximum atomic E-state index is 10.3. The van der Waals surface area contributed by atoms with Crippen molar-refractivity contribution in [2.75, 3.05) is 27.8 Å². The summed E-state index contributed by atoms with van der Waals surface area (Å²) in [5.41, 5.74) is 0.0355.